The first-order valence-electron chi connectivity index (χ1n) is 6.00. The Labute approximate surface area is 120 Å². The van der Waals surface area contributed by atoms with Gasteiger partial charge >= 0.3 is 0 Å². The van der Waals surface area contributed by atoms with Crippen molar-refractivity contribution in [2.75, 3.05) is 11.1 Å². The lowest BCUT2D eigenvalue weighted by Gasteiger charge is -2.10. The number of anilines is 3. The molecule has 3 nitrogen and oxygen atoms in total. The summed E-state index contributed by atoms with van der Waals surface area (Å²) in [6.07, 6.45) is 1.65. The van der Waals surface area contributed by atoms with Crippen LogP contribution >= 0.6 is 11.6 Å². The second kappa shape index (κ2) is 4.98. The first-order valence-corrected chi connectivity index (χ1v) is 6.37. The van der Waals surface area contributed by atoms with Gasteiger partial charge in [-0.15, -0.1) is 0 Å². The average molecular weight is 288 g/mol. The molecule has 0 aliphatic carbocycles. The minimum atomic E-state index is -0.391. The van der Waals surface area contributed by atoms with Crippen LogP contribution in [-0.4, -0.2) is 4.98 Å². The molecule has 0 aliphatic rings. The lowest BCUT2D eigenvalue weighted by Crippen LogP contribution is -1.95. The number of rotatable bonds is 2. The predicted molar refractivity (Wildman–Crippen MR) is 80.8 cm³/mol. The maximum atomic E-state index is 13.4. The molecule has 20 heavy (non-hydrogen) atoms. The topological polar surface area (TPSA) is 50.9 Å². The summed E-state index contributed by atoms with van der Waals surface area (Å²) in [6, 6.07) is 11.6. The van der Waals surface area contributed by atoms with Gasteiger partial charge in [0, 0.05) is 28.0 Å². The largest absolute Gasteiger partial charge is 0.397 e. The smallest absolute Gasteiger partial charge is 0.126 e. The van der Waals surface area contributed by atoms with E-state index >= 15 is 0 Å². The van der Waals surface area contributed by atoms with Crippen LogP contribution in [0.1, 0.15) is 0 Å². The van der Waals surface area contributed by atoms with Crippen molar-refractivity contribution in [2.45, 2.75) is 0 Å². The minimum absolute atomic E-state index is 0.338. The molecule has 5 heteroatoms. The Hall–Kier alpha value is -2.33. The molecule has 0 fully saturated rings. The fourth-order valence-corrected chi connectivity index (χ4v) is 2.31. The third-order valence-electron chi connectivity index (χ3n) is 2.94. The summed E-state index contributed by atoms with van der Waals surface area (Å²) in [6.45, 7) is 0. The highest BCUT2D eigenvalue weighted by molar-refractivity contribution is 6.30. The Balaban J connectivity index is 2.09. The number of nitrogens with one attached hydrogen (secondary N) is 1. The van der Waals surface area contributed by atoms with Gasteiger partial charge < -0.3 is 11.1 Å². The first kappa shape index (κ1) is 12.7. The molecule has 0 saturated carbocycles. The summed E-state index contributed by atoms with van der Waals surface area (Å²) in [4.78, 5) is 4.25. The van der Waals surface area contributed by atoms with E-state index in [1.54, 1.807) is 24.4 Å². The molecule has 0 amide bonds. The fraction of sp³-hybridized carbons (Fsp3) is 0. The minimum Gasteiger partial charge on any atom is -0.397 e. The normalized spacial score (nSPS) is 10.7. The van der Waals surface area contributed by atoms with E-state index in [9.17, 15) is 4.39 Å². The van der Waals surface area contributed by atoms with Crippen LogP contribution in [0.4, 0.5) is 21.5 Å². The molecule has 0 unspecified atom stereocenters. The molecule has 3 aromatic rings. The zero-order valence-electron chi connectivity index (χ0n) is 10.4. The number of pyridine rings is 1. The van der Waals surface area contributed by atoms with E-state index in [2.05, 4.69) is 10.3 Å². The van der Waals surface area contributed by atoms with Crippen molar-refractivity contribution in [1.82, 2.24) is 4.98 Å². The van der Waals surface area contributed by atoms with E-state index in [0.717, 1.165) is 11.1 Å². The predicted octanol–water partition coefficient (Wildman–Crippen LogP) is 4.35. The number of fused-ring (bicyclic) bond motifs is 1. The Kier molecular flexibility index (Phi) is 3.16. The third kappa shape index (κ3) is 2.38. The van der Waals surface area contributed by atoms with E-state index in [4.69, 9.17) is 17.3 Å². The van der Waals surface area contributed by atoms with Gasteiger partial charge in [-0.3, -0.25) is 4.98 Å². The van der Waals surface area contributed by atoms with Gasteiger partial charge in [-0.1, -0.05) is 23.7 Å². The van der Waals surface area contributed by atoms with Crippen molar-refractivity contribution < 1.29 is 4.39 Å². The van der Waals surface area contributed by atoms with Crippen molar-refractivity contribution in [3.8, 4) is 0 Å². The van der Waals surface area contributed by atoms with Gasteiger partial charge in [-0.2, -0.15) is 0 Å². The molecule has 1 heterocycles. The standard InChI is InChI=1S/C15H11ClFN3/c16-9-6-10(17)8-11(7-9)20-14-4-5-19-15-12(14)2-1-3-13(15)18/h1-8H,18H2,(H,19,20). The number of nitrogens with zero attached hydrogens (tertiary/aromatic N) is 1. The number of nitrogen functional groups attached to an aromatic ring is 1. The Morgan fingerprint density at radius 1 is 1.15 bits per heavy atom. The van der Waals surface area contributed by atoms with E-state index < -0.39 is 5.82 Å². The molecule has 0 atom stereocenters. The van der Waals surface area contributed by atoms with Crippen LogP contribution in [0, 0.1) is 5.82 Å². The maximum absolute atomic E-state index is 13.4. The van der Waals surface area contributed by atoms with Crippen LogP contribution in [0.3, 0.4) is 0 Å². The van der Waals surface area contributed by atoms with E-state index in [1.807, 2.05) is 12.1 Å². The van der Waals surface area contributed by atoms with Crippen molar-refractivity contribution in [2.24, 2.45) is 0 Å². The highest BCUT2D eigenvalue weighted by atomic mass is 35.5. The van der Waals surface area contributed by atoms with Crippen LogP contribution < -0.4 is 11.1 Å². The van der Waals surface area contributed by atoms with Gasteiger partial charge in [0.2, 0.25) is 0 Å². The van der Waals surface area contributed by atoms with Crippen molar-refractivity contribution >= 4 is 39.6 Å². The van der Waals surface area contributed by atoms with Crippen molar-refractivity contribution in [3.63, 3.8) is 0 Å². The number of benzene rings is 2. The molecule has 0 bridgehead atoms. The molecule has 100 valence electrons. The summed E-state index contributed by atoms with van der Waals surface area (Å²) >= 11 is 5.85. The maximum Gasteiger partial charge on any atom is 0.126 e. The molecule has 1 aromatic heterocycles. The fourth-order valence-electron chi connectivity index (χ4n) is 2.09. The number of nitrogens with two attached hydrogens (primary N) is 1. The SMILES string of the molecule is Nc1cccc2c(Nc3cc(F)cc(Cl)c3)ccnc12. The van der Waals surface area contributed by atoms with Gasteiger partial charge in [0.25, 0.3) is 0 Å². The van der Waals surface area contributed by atoms with Crippen LogP contribution in [0.5, 0.6) is 0 Å². The van der Waals surface area contributed by atoms with Crippen LogP contribution in [0.2, 0.25) is 5.02 Å². The lowest BCUT2D eigenvalue weighted by molar-refractivity contribution is 0.628. The van der Waals surface area contributed by atoms with Gasteiger partial charge in [-0.05, 0) is 30.3 Å². The highest BCUT2D eigenvalue weighted by Gasteiger charge is 2.06. The molecular weight excluding hydrogens is 277 g/mol. The monoisotopic (exact) mass is 287 g/mol. The molecule has 3 rings (SSSR count). The molecule has 0 spiro atoms. The Bertz CT molecular complexity index is 769. The first-order chi connectivity index (χ1) is 9.63. The highest BCUT2D eigenvalue weighted by Crippen LogP contribution is 2.29. The molecule has 0 saturated heterocycles. The quantitative estimate of drug-likeness (QED) is 0.689. The van der Waals surface area contributed by atoms with Crippen LogP contribution in [0.25, 0.3) is 10.9 Å². The summed E-state index contributed by atoms with van der Waals surface area (Å²) in [5.74, 6) is -0.391. The van der Waals surface area contributed by atoms with E-state index in [0.29, 0.717) is 21.9 Å². The summed E-state index contributed by atoms with van der Waals surface area (Å²) in [5.41, 5.74) is 8.57. The zero-order valence-corrected chi connectivity index (χ0v) is 11.2. The molecular formula is C15H11ClFN3. The number of hydrogen-bond donors (Lipinski definition) is 2. The van der Waals surface area contributed by atoms with Crippen molar-refractivity contribution in [1.29, 1.82) is 0 Å². The van der Waals surface area contributed by atoms with Crippen LogP contribution in [0.15, 0.2) is 48.7 Å². The number of hydrogen-bond acceptors (Lipinski definition) is 3. The lowest BCUT2D eigenvalue weighted by atomic mass is 10.1. The summed E-state index contributed by atoms with van der Waals surface area (Å²) in [5, 5.41) is 4.34. The number of aromatic nitrogens is 1. The van der Waals surface area contributed by atoms with Gasteiger partial charge in [0.15, 0.2) is 0 Å². The Morgan fingerprint density at radius 3 is 2.80 bits per heavy atom. The number of halogens is 2. The van der Waals surface area contributed by atoms with Gasteiger partial charge in [-0.25, -0.2) is 4.39 Å². The zero-order chi connectivity index (χ0) is 14.1. The molecule has 0 radical (unpaired) electrons. The second-order valence-corrected chi connectivity index (χ2v) is 4.82. The van der Waals surface area contributed by atoms with Crippen molar-refractivity contribution in [3.05, 3.63) is 59.5 Å². The van der Waals surface area contributed by atoms with E-state index in [-0.39, 0.29) is 0 Å². The van der Waals surface area contributed by atoms with Crippen LogP contribution in [-0.2, 0) is 0 Å². The molecule has 0 aliphatic heterocycles. The number of para-hydroxylation sites is 1. The summed E-state index contributed by atoms with van der Waals surface area (Å²) in [7, 11) is 0. The Morgan fingerprint density at radius 2 is 2.00 bits per heavy atom. The van der Waals surface area contributed by atoms with E-state index in [1.165, 1.54) is 12.1 Å². The molecule has 3 N–H and O–H groups in total. The summed E-state index contributed by atoms with van der Waals surface area (Å²) < 4.78 is 13.4. The van der Waals surface area contributed by atoms with Gasteiger partial charge in [0.1, 0.15) is 5.82 Å². The average Bonchev–Trinajstić information content (AvgIpc) is 2.39. The second-order valence-electron chi connectivity index (χ2n) is 4.39. The third-order valence-corrected chi connectivity index (χ3v) is 3.16. The molecule has 2 aromatic carbocycles. The van der Waals surface area contributed by atoms with Gasteiger partial charge in [0.05, 0.1) is 11.2 Å².